The number of Topliss-reactive ketones (excluding diaryl/α,β-unsaturated/α-hetero) is 3. The van der Waals surface area contributed by atoms with Gasteiger partial charge in [-0.3, -0.25) is 14.4 Å². The van der Waals surface area contributed by atoms with E-state index in [4.69, 9.17) is 0 Å². The van der Waals surface area contributed by atoms with E-state index in [0.717, 1.165) is 41.7 Å². The Labute approximate surface area is 207 Å². The van der Waals surface area contributed by atoms with Crippen molar-refractivity contribution >= 4 is 38.9 Å². The van der Waals surface area contributed by atoms with Crippen LogP contribution in [0.3, 0.4) is 0 Å². The molecule has 1 aromatic carbocycles. The molecule has 0 saturated heterocycles. The van der Waals surface area contributed by atoms with Gasteiger partial charge in [-0.15, -0.1) is 0 Å². The van der Waals surface area contributed by atoms with E-state index in [1.165, 1.54) is 5.57 Å². The van der Waals surface area contributed by atoms with Crippen LogP contribution in [0.1, 0.15) is 78.7 Å². The van der Waals surface area contributed by atoms with Gasteiger partial charge in [0.15, 0.2) is 5.78 Å². The van der Waals surface area contributed by atoms with Gasteiger partial charge in [0.2, 0.25) is 0 Å². The third-order valence-electron chi connectivity index (χ3n) is 5.89. The van der Waals surface area contributed by atoms with Crippen molar-refractivity contribution in [3.8, 4) is 0 Å². The van der Waals surface area contributed by atoms with Crippen LogP contribution in [0.4, 0.5) is 0 Å². The predicted octanol–water partition coefficient (Wildman–Crippen LogP) is 7.58. The lowest BCUT2D eigenvalue weighted by Crippen LogP contribution is -2.26. The molecule has 1 aliphatic rings. The fourth-order valence-electron chi connectivity index (χ4n) is 4.22. The standard InChI is InChI=1S/C28H38O3S2/c1-6-10-22-15-19(3)16-24(18-22)28(31)25(7-2)26(30)14-13-21(5)32-33-27-12-9-8-11-23(27)17-20(4)29/h8-9,11-12,16,18-19,21,25H,6-7,10,13-15,17H2,1-5H3. The van der Waals surface area contributed by atoms with E-state index in [9.17, 15) is 14.4 Å². The molecule has 5 heteroatoms. The lowest BCUT2D eigenvalue weighted by atomic mass is 9.82. The highest BCUT2D eigenvalue weighted by Gasteiger charge is 2.28. The molecule has 0 spiro atoms. The third-order valence-corrected chi connectivity index (χ3v) is 8.94. The summed E-state index contributed by atoms with van der Waals surface area (Å²) in [5.74, 6) is 0.0161. The number of carbonyl (C=O) groups is 3. The third kappa shape index (κ3) is 8.94. The second kappa shape index (κ2) is 14.0. The molecule has 3 atom stereocenters. The van der Waals surface area contributed by atoms with Crippen LogP contribution >= 0.6 is 21.6 Å². The van der Waals surface area contributed by atoms with E-state index in [2.05, 4.69) is 20.8 Å². The first-order chi connectivity index (χ1) is 15.7. The van der Waals surface area contributed by atoms with Gasteiger partial charge >= 0.3 is 0 Å². The van der Waals surface area contributed by atoms with Gasteiger partial charge < -0.3 is 0 Å². The summed E-state index contributed by atoms with van der Waals surface area (Å²) in [6.07, 6.45) is 9.33. The molecule has 0 amide bonds. The van der Waals surface area contributed by atoms with Gasteiger partial charge in [0, 0.05) is 28.6 Å². The Morgan fingerprint density at radius 1 is 1.15 bits per heavy atom. The van der Waals surface area contributed by atoms with E-state index in [0.29, 0.717) is 25.2 Å². The maximum Gasteiger partial charge on any atom is 0.172 e. The van der Waals surface area contributed by atoms with Crippen molar-refractivity contribution in [2.45, 2.75) is 89.7 Å². The molecular weight excluding hydrogens is 448 g/mol. The van der Waals surface area contributed by atoms with Gasteiger partial charge in [-0.2, -0.15) is 0 Å². The first-order valence-electron chi connectivity index (χ1n) is 12.1. The van der Waals surface area contributed by atoms with Crippen molar-refractivity contribution in [1.29, 1.82) is 0 Å². The second-order valence-electron chi connectivity index (χ2n) is 9.16. The largest absolute Gasteiger partial charge is 0.300 e. The Bertz CT molecular complexity index is 900. The summed E-state index contributed by atoms with van der Waals surface area (Å²) in [5.41, 5.74) is 3.11. The molecule has 3 nitrogen and oxygen atoms in total. The molecule has 3 unspecified atom stereocenters. The van der Waals surface area contributed by atoms with Gasteiger partial charge in [0.05, 0.1) is 5.92 Å². The Kier molecular flexibility index (Phi) is 11.7. The van der Waals surface area contributed by atoms with Crippen LogP contribution in [-0.2, 0) is 20.8 Å². The van der Waals surface area contributed by atoms with Crippen molar-refractivity contribution in [1.82, 2.24) is 0 Å². The van der Waals surface area contributed by atoms with Crippen LogP contribution in [-0.4, -0.2) is 22.6 Å². The topological polar surface area (TPSA) is 51.2 Å². The minimum Gasteiger partial charge on any atom is -0.300 e. The second-order valence-corrected chi connectivity index (χ2v) is 11.8. The number of benzene rings is 1. The fraction of sp³-hybridized carbons (Fsp3) is 0.536. The summed E-state index contributed by atoms with van der Waals surface area (Å²) in [5, 5.41) is 0.266. The molecule has 180 valence electrons. The van der Waals surface area contributed by atoms with E-state index in [1.807, 2.05) is 43.3 Å². The molecule has 0 fully saturated rings. The molecule has 0 N–H and O–H groups in total. The van der Waals surface area contributed by atoms with Crippen LogP contribution in [0.15, 0.2) is 52.5 Å². The average molecular weight is 487 g/mol. The van der Waals surface area contributed by atoms with E-state index < -0.39 is 5.92 Å². The highest BCUT2D eigenvalue weighted by Crippen LogP contribution is 2.38. The van der Waals surface area contributed by atoms with E-state index in [-0.39, 0.29) is 22.6 Å². The molecule has 2 rings (SSSR count). The smallest absolute Gasteiger partial charge is 0.172 e. The summed E-state index contributed by atoms with van der Waals surface area (Å²) in [7, 11) is 3.39. The first kappa shape index (κ1) is 27.7. The molecule has 0 aromatic heterocycles. The summed E-state index contributed by atoms with van der Waals surface area (Å²) in [4.78, 5) is 38.8. The zero-order valence-electron chi connectivity index (χ0n) is 20.7. The quantitative estimate of drug-likeness (QED) is 0.200. The Balaban J connectivity index is 1.92. The molecule has 0 saturated carbocycles. The summed E-state index contributed by atoms with van der Waals surface area (Å²) >= 11 is 0. The van der Waals surface area contributed by atoms with Gasteiger partial charge in [0.1, 0.15) is 11.6 Å². The number of carbonyl (C=O) groups excluding carboxylic acids is 3. The zero-order valence-corrected chi connectivity index (χ0v) is 22.3. The van der Waals surface area contributed by atoms with Crippen molar-refractivity contribution in [3.05, 3.63) is 53.1 Å². The Morgan fingerprint density at radius 2 is 1.88 bits per heavy atom. The van der Waals surface area contributed by atoms with Crippen molar-refractivity contribution in [3.63, 3.8) is 0 Å². The molecule has 0 heterocycles. The minimum absolute atomic E-state index is 0.00417. The average Bonchev–Trinajstić information content (AvgIpc) is 2.77. The molecule has 1 aliphatic carbocycles. The molecular formula is C28H38O3S2. The maximum atomic E-state index is 13.2. The van der Waals surface area contributed by atoms with Crippen LogP contribution in [0.5, 0.6) is 0 Å². The lowest BCUT2D eigenvalue weighted by molar-refractivity contribution is -0.130. The van der Waals surface area contributed by atoms with Crippen LogP contribution in [0.2, 0.25) is 0 Å². The predicted molar refractivity (Wildman–Crippen MR) is 142 cm³/mol. The van der Waals surface area contributed by atoms with Crippen molar-refractivity contribution in [2.75, 3.05) is 0 Å². The fourth-order valence-corrected chi connectivity index (χ4v) is 6.66. The van der Waals surface area contributed by atoms with E-state index >= 15 is 0 Å². The van der Waals surface area contributed by atoms with Gasteiger partial charge in [0.25, 0.3) is 0 Å². The number of ketones is 3. The lowest BCUT2D eigenvalue weighted by Gasteiger charge is -2.21. The molecule has 0 aliphatic heterocycles. The Morgan fingerprint density at radius 3 is 2.55 bits per heavy atom. The van der Waals surface area contributed by atoms with Crippen molar-refractivity contribution < 1.29 is 14.4 Å². The molecule has 0 bridgehead atoms. The first-order valence-corrected chi connectivity index (χ1v) is 14.3. The van der Waals surface area contributed by atoms with E-state index in [1.54, 1.807) is 28.5 Å². The van der Waals surface area contributed by atoms with Crippen LogP contribution < -0.4 is 0 Å². The highest BCUT2D eigenvalue weighted by molar-refractivity contribution is 8.77. The van der Waals surface area contributed by atoms with Gasteiger partial charge in [-0.1, -0.05) is 91.6 Å². The SMILES string of the molecule is CCCC1=CC(C(=O)C(CC)C(=O)CCC(C)SSc2ccccc2CC(C)=O)=CC(C)C1. The van der Waals surface area contributed by atoms with Gasteiger partial charge in [-0.05, 0) is 50.2 Å². The summed E-state index contributed by atoms with van der Waals surface area (Å²) in [6.45, 7) is 9.96. The Hall–Kier alpha value is -1.59. The van der Waals surface area contributed by atoms with Crippen LogP contribution in [0.25, 0.3) is 0 Å². The number of allylic oxidation sites excluding steroid dienone is 4. The van der Waals surface area contributed by atoms with Gasteiger partial charge in [-0.25, -0.2) is 0 Å². The zero-order chi connectivity index (χ0) is 24.4. The minimum atomic E-state index is -0.540. The summed E-state index contributed by atoms with van der Waals surface area (Å²) in [6, 6.07) is 7.98. The van der Waals surface area contributed by atoms with Crippen LogP contribution in [0, 0.1) is 11.8 Å². The summed E-state index contributed by atoms with van der Waals surface area (Å²) < 4.78 is 0. The number of hydrogen-bond donors (Lipinski definition) is 0. The molecule has 33 heavy (non-hydrogen) atoms. The molecule has 0 radical (unpaired) electrons. The maximum absolute atomic E-state index is 13.2. The number of hydrogen-bond acceptors (Lipinski definition) is 5. The van der Waals surface area contributed by atoms with Crippen molar-refractivity contribution in [2.24, 2.45) is 11.8 Å². The molecule has 1 aromatic rings. The number of rotatable bonds is 14. The monoisotopic (exact) mass is 486 g/mol. The highest BCUT2D eigenvalue weighted by atomic mass is 33.1. The normalized spacial score (nSPS) is 17.7.